The average Bonchev–Trinajstić information content (AvgIpc) is 3.25. The molecule has 0 spiro atoms. The lowest BCUT2D eigenvalue weighted by Crippen LogP contribution is -2.35. The Morgan fingerprint density at radius 1 is 1.07 bits per heavy atom. The van der Waals surface area contributed by atoms with Gasteiger partial charge in [-0.15, -0.1) is 0 Å². The maximum absolute atomic E-state index is 13.2. The van der Waals surface area contributed by atoms with E-state index in [9.17, 15) is 19.2 Å². The Labute approximate surface area is 244 Å². The first-order chi connectivity index (χ1) is 20.0. The van der Waals surface area contributed by atoms with E-state index in [2.05, 4.69) is 24.5 Å². The first-order valence-electron chi connectivity index (χ1n) is 14.5. The number of fused-ring (bicyclic) bond motifs is 3. The molecule has 1 saturated carbocycles. The number of ether oxygens (including phenoxy) is 1. The van der Waals surface area contributed by atoms with Gasteiger partial charge in [0.25, 0.3) is 5.91 Å². The van der Waals surface area contributed by atoms with Crippen molar-refractivity contribution >= 4 is 40.5 Å². The van der Waals surface area contributed by atoms with Crippen molar-refractivity contribution in [3.63, 3.8) is 0 Å². The number of aromatic nitrogens is 1. The molecule has 1 aliphatic heterocycles. The molecule has 0 saturated heterocycles. The Bertz CT molecular complexity index is 1530. The van der Waals surface area contributed by atoms with Crippen LogP contribution >= 0.6 is 0 Å². The molecule has 2 heterocycles. The number of amides is 2. The third-order valence-electron chi connectivity index (χ3n) is 8.22. The summed E-state index contributed by atoms with van der Waals surface area (Å²) in [4.78, 5) is 48.3. The third-order valence-corrected chi connectivity index (χ3v) is 8.22. The lowest BCUT2D eigenvalue weighted by molar-refractivity contribution is -0.137. The zero-order valence-electron chi connectivity index (χ0n) is 24.1. The van der Waals surface area contributed by atoms with E-state index < -0.39 is 18.0 Å². The largest absolute Gasteiger partial charge is 0.481 e. The molecule has 0 bridgehead atoms. The molecule has 2 amide bonds. The number of hydrogen-bond donors (Lipinski definition) is 4. The number of rotatable bonds is 9. The number of nitrogens with zero attached hydrogens (tertiary/aromatic N) is 1. The van der Waals surface area contributed by atoms with E-state index in [1.54, 1.807) is 6.07 Å². The van der Waals surface area contributed by atoms with Crippen molar-refractivity contribution < 1.29 is 29.0 Å². The van der Waals surface area contributed by atoms with Crippen LogP contribution in [0.25, 0.3) is 22.0 Å². The Balaban J connectivity index is 1.34. The smallest absolute Gasteiger partial charge is 0.407 e. The lowest BCUT2D eigenvalue weighted by atomic mass is 9.80. The van der Waals surface area contributed by atoms with Crippen LogP contribution in [0.4, 0.5) is 10.5 Å². The van der Waals surface area contributed by atoms with Crippen LogP contribution in [0.1, 0.15) is 79.6 Å². The van der Waals surface area contributed by atoms with Crippen LogP contribution in [0.15, 0.2) is 42.5 Å². The van der Waals surface area contributed by atoms with E-state index in [1.807, 2.05) is 41.0 Å². The van der Waals surface area contributed by atoms with Gasteiger partial charge in [-0.05, 0) is 67.7 Å². The lowest BCUT2D eigenvalue weighted by Gasteiger charge is -2.31. The summed E-state index contributed by atoms with van der Waals surface area (Å²) in [7, 11) is 0. The zero-order valence-corrected chi connectivity index (χ0v) is 24.1. The van der Waals surface area contributed by atoms with Crippen LogP contribution in [-0.2, 0) is 16.0 Å². The summed E-state index contributed by atoms with van der Waals surface area (Å²) in [6.45, 7) is 4.48. The number of alkyl carbamates (subject to hydrolysis) is 1. The molecule has 5 rings (SSSR count). The highest BCUT2D eigenvalue weighted by Crippen LogP contribution is 2.43. The Hall–Kier alpha value is -4.34. The molecule has 10 nitrogen and oxygen atoms in total. The topological polar surface area (TPSA) is 153 Å². The molecule has 1 aliphatic carbocycles. The van der Waals surface area contributed by atoms with Crippen LogP contribution in [0.5, 0.6) is 0 Å². The highest BCUT2D eigenvalue weighted by molar-refractivity contribution is 6.06. The number of benzene rings is 2. The first kappa shape index (κ1) is 29.2. The van der Waals surface area contributed by atoms with Gasteiger partial charge < -0.3 is 26.2 Å². The van der Waals surface area contributed by atoms with Crippen molar-refractivity contribution in [3.05, 3.63) is 53.7 Å². The molecule has 10 heteroatoms. The van der Waals surface area contributed by atoms with Crippen molar-refractivity contribution in [3.8, 4) is 11.1 Å². The van der Waals surface area contributed by atoms with Crippen molar-refractivity contribution in [2.45, 2.75) is 77.4 Å². The number of carbonyl (C=O) groups is 4. The normalized spacial score (nSPS) is 19.6. The number of primary amides is 1. The maximum atomic E-state index is 13.2. The number of nitrogens with two attached hydrogens (primary N) is 1. The second-order valence-corrected chi connectivity index (χ2v) is 12.2. The minimum atomic E-state index is -0.901. The van der Waals surface area contributed by atoms with Crippen molar-refractivity contribution in [1.29, 1.82) is 0 Å². The molecule has 1 fully saturated rings. The number of hydrogen-bond acceptors (Lipinski definition) is 6. The van der Waals surface area contributed by atoms with Gasteiger partial charge in [0.1, 0.15) is 6.10 Å². The zero-order chi connectivity index (χ0) is 30.0. The Kier molecular flexibility index (Phi) is 8.24. The predicted octanol–water partition coefficient (Wildman–Crippen LogP) is 5.33. The Morgan fingerprint density at radius 2 is 1.81 bits per heavy atom. The van der Waals surface area contributed by atoms with Crippen LogP contribution in [-0.4, -0.2) is 52.2 Å². The summed E-state index contributed by atoms with van der Waals surface area (Å²) < 4.78 is 7.37. The summed E-state index contributed by atoms with van der Waals surface area (Å²) in [6.07, 6.45) is 3.56. The fourth-order valence-electron chi connectivity index (χ4n) is 6.27. The molecule has 222 valence electrons. The van der Waals surface area contributed by atoms with Gasteiger partial charge in [0.05, 0.1) is 11.1 Å². The van der Waals surface area contributed by atoms with Crippen LogP contribution in [0, 0.1) is 5.41 Å². The van der Waals surface area contributed by atoms with Gasteiger partial charge in [0.2, 0.25) is 5.91 Å². The van der Waals surface area contributed by atoms with Gasteiger partial charge in [-0.25, -0.2) is 4.79 Å². The number of anilines is 1. The molecule has 2 aliphatic rings. The van der Waals surface area contributed by atoms with Gasteiger partial charge in [0.15, 0.2) is 0 Å². The van der Waals surface area contributed by atoms with E-state index in [0.29, 0.717) is 36.9 Å². The van der Waals surface area contributed by atoms with E-state index in [-0.39, 0.29) is 36.4 Å². The Morgan fingerprint density at radius 3 is 2.52 bits per heavy atom. The van der Waals surface area contributed by atoms with Gasteiger partial charge in [-0.1, -0.05) is 38.1 Å². The summed E-state index contributed by atoms with van der Waals surface area (Å²) in [5.41, 5.74) is 10.4. The molecule has 42 heavy (non-hydrogen) atoms. The first-order valence-corrected chi connectivity index (χ1v) is 14.5. The molecule has 1 aromatic heterocycles. The van der Waals surface area contributed by atoms with Gasteiger partial charge >= 0.3 is 12.1 Å². The number of carboxylic acid groups (broad SMARTS) is 1. The highest BCUT2D eigenvalue weighted by Gasteiger charge is 2.35. The van der Waals surface area contributed by atoms with E-state index in [1.165, 1.54) is 0 Å². The number of nitrogens with one attached hydrogen (secondary N) is 2. The highest BCUT2D eigenvalue weighted by atomic mass is 16.6. The van der Waals surface area contributed by atoms with E-state index in [4.69, 9.17) is 15.6 Å². The van der Waals surface area contributed by atoms with Crippen molar-refractivity contribution in [2.75, 3.05) is 11.9 Å². The number of carbonyl (C=O) groups excluding carboxylic acids is 3. The summed E-state index contributed by atoms with van der Waals surface area (Å²) in [5, 5.41) is 15.8. The number of para-hydroxylation sites is 1. The second-order valence-electron chi connectivity index (χ2n) is 12.2. The third kappa shape index (κ3) is 6.27. The molecule has 0 atom stereocenters. The fraction of sp³-hybridized carbons (Fsp3) is 0.438. The van der Waals surface area contributed by atoms with E-state index in [0.717, 1.165) is 47.0 Å². The SMILES string of the molecule is CC1(C)CC(=O)n2c(c(-c3ccc(C(N)=O)c(NC4CCC(OC(=O)NCCCC(=O)O)CC4)c3)c3ccccc32)C1. The fourth-order valence-corrected chi connectivity index (χ4v) is 6.27. The van der Waals surface area contributed by atoms with Gasteiger partial charge in [-0.2, -0.15) is 0 Å². The number of aliphatic carboxylic acids is 1. The van der Waals surface area contributed by atoms with Crippen molar-refractivity contribution in [1.82, 2.24) is 9.88 Å². The second kappa shape index (κ2) is 11.9. The molecular formula is C32H38N4O6. The predicted molar refractivity (Wildman–Crippen MR) is 160 cm³/mol. The maximum Gasteiger partial charge on any atom is 0.407 e. The molecule has 2 aromatic carbocycles. The molecular weight excluding hydrogens is 536 g/mol. The summed E-state index contributed by atoms with van der Waals surface area (Å²) in [6, 6.07) is 13.6. The number of carboxylic acids is 1. The van der Waals surface area contributed by atoms with Crippen LogP contribution in [0.3, 0.4) is 0 Å². The minimum absolute atomic E-state index is 0.00891. The summed E-state index contributed by atoms with van der Waals surface area (Å²) in [5.74, 6) is -1.34. The van der Waals surface area contributed by atoms with Crippen molar-refractivity contribution in [2.24, 2.45) is 11.1 Å². The summed E-state index contributed by atoms with van der Waals surface area (Å²) >= 11 is 0. The molecule has 3 aromatic rings. The van der Waals surface area contributed by atoms with Gasteiger partial charge in [-0.3, -0.25) is 19.0 Å². The van der Waals surface area contributed by atoms with Gasteiger partial charge in [0, 0.05) is 47.8 Å². The van der Waals surface area contributed by atoms with E-state index >= 15 is 0 Å². The monoisotopic (exact) mass is 574 g/mol. The minimum Gasteiger partial charge on any atom is -0.481 e. The molecule has 0 radical (unpaired) electrons. The quantitative estimate of drug-likeness (QED) is 0.252. The average molecular weight is 575 g/mol. The van der Waals surface area contributed by atoms with Crippen LogP contribution in [0.2, 0.25) is 0 Å². The molecule has 5 N–H and O–H groups in total. The molecule has 0 unspecified atom stereocenters. The standard InChI is InChI=1S/C32H38N4O6/c1-32(2)17-26-29(23-6-3-4-7-25(23)36(26)27(37)18-32)19-9-14-22(30(33)40)24(16-19)35-20-10-12-21(13-11-20)42-31(41)34-15-5-8-28(38)39/h3-4,6-7,9,14,16,20-21,35H,5,8,10-13,15,17-18H2,1-2H3,(H2,33,40)(H,34,41)(H,38,39). The van der Waals surface area contributed by atoms with Crippen LogP contribution < -0.4 is 16.4 Å².